The summed E-state index contributed by atoms with van der Waals surface area (Å²) in [5.74, 6) is -0.0677. The average Bonchev–Trinajstić information content (AvgIpc) is 3.20. The van der Waals surface area contributed by atoms with Gasteiger partial charge in [0.15, 0.2) is 0 Å². The molecule has 2 aliphatic carbocycles. The van der Waals surface area contributed by atoms with Crippen LogP contribution in [-0.4, -0.2) is 30.1 Å². The van der Waals surface area contributed by atoms with E-state index in [1.54, 1.807) is 0 Å². The van der Waals surface area contributed by atoms with Gasteiger partial charge in [0.2, 0.25) is 0 Å². The Balaban J connectivity index is 1.55. The highest BCUT2D eigenvalue weighted by atomic mass is 16.5. The normalized spacial score (nSPS) is 24.7. The molecule has 4 heteroatoms. The molecule has 142 valence electrons. The Hall–Kier alpha value is -1.68. The molecule has 0 radical (unpaired) electrons. The van der Waals surface area contributed by atoms with Crippen molar-refractivity contribution < 1.29 is 19.4 Å². The van der Waals surface area contributed by atoms with Crippen molar-refractivity contribution in [2.45, 2.75) is 76.2 Å². The van der Waals surface area contributed by atoms with Crippen LogP contribution in [0.25, 0.3) is 0 Å². The van der Waals surface area contributed by atoms with Crippen molar-refractivity contribution in [2.75, 3.05) is 7.11 Å². The molecule has 0 unspecified atom stereocenters. The van der Waals surface area contributed by atoms with Crippen LogP contribution in [0.4, 0.5) is 0 Å². The van der Waals surface area contributed by atoms with E-state index in [-0.39, 0.29) is 30.0 Å². The van der Waals surface area contributed by atoms with Crippen molar-refractivity contribution in [1.29, 1.82) is 0 Å². The van der Waals surface area contributed by atoms with E-state index < -0.39 is 6.10 Å². The Morgan fingerprint density at radius 1 is 1.15 bits per heavy atom. The molecule has 0 amide bonds. The number of carbonyl (C=O) groups excluding carboxylic acids is 2. The fourth-order valence-corrected chi connectivity index (χ4v) is 4.64. The third kappa shape index (κ3) is 4.35. The highest BCUT2D eigenvalue weighted by Gasteiger charge is 2.42. The summed E-state index contributed by atoms with van der Waals surface area (Å²) in [6, 6.07) is 6.55. The van der Waals surface area contributed by atoms with E-state index in [0.29, 0.717) is 6.42 Å². The fraction of sp³-hybridized carbons (Fsp3) is 0.636. The lowest BCUT2D eigenvalue weighted by atomic mass is 9.83. The van der Waals surface area contributed by atoms with E-state index in [9.17, 15) is 14.7 Å². The average molecular weight is 358 g/mol. The molecule has 0 aliphatic heterocycles. The largest absolute Gasteiger partial charge is 0.469 e. The second-order valence-corrected chi connectivity index (χ2v) is 7.78. The summed E-state index contributed by atoms with van der Waals surface area (Å²) in [6.07, 6.45) is 8.29. The summed E-state index contributed by atoms with van der Waals surface area (Å²) in [5.41, 5.74) is 3.96. The molecular formula is C22H30O4. The number of ketones is 1. The maximum absolute atomic E-state index is 12.4. The molecule has 3 atom stereocenters. The van der Waals surface area contributed by atoms with Crippen LogP contribution in [-0.2, 0) is 27.2 Å². The number of aliphatic hydroxyl groups excluding tert-OH is 1. The van der Waals surface area contributed by atoms with E-state index in [0.717, 1.165) is 50.5 Å². The lowest BCUT2D eigenvalue weighted by Gasteiger charge is -2.22. The van der Waals surface area contributed by atoms with Gasteiger partial charge >= 0.3 is 5.97 Å². The third-order valence-corrected chi connectivity index (χ3v) is 6.05. The topological polar surface area (TPSA) is 63.6 Å². The molecule has 0 spiro atoms. The number of aliphatic hydroxyl groups is 1. The first kappa shape index (κ1) is 19.1. The number of hydrogen-bond donors (Lipinski definition) is 1. The first-order valence-electron chi connectivity index (χ1n) is 9.99. The quantitative estimate of drug-likeness (QED) is 0.568. The highest BCUT2D eigenvalue weighted by Crippen LogP contribution is 2.41. The lowest BCUT2D eigenvalue weighted by molar-refractivity contribution is -0.140. The predicted octanol–water partition coefficient (Wildman–Crippen LogP) is 3.72. The van der Waals surface area contributed by atoms with Gasteiger partial charge in [-0.1, -0.05) is 37.5 Å². The van der Waals surface area contributed by atoms with Gasteiger partial charge in [0.05, 0.1) is 13.2 Å². The molecule has 2 aliphatic rings. The van der Waals surface area contributed by atoms with Crippen LogP contribution in [0.2, 0.25) is 0 Å². The van der Waals surface area contributed by atoms with Crippen molar-refractivity contribution in [2.24, 2.45) is 5.92 Å². The number of fused-ring (bicyclic) bond motifs is 1. The zero-order valence-corrected chi connectivity index (χ0v) is 15.7. The number of aryl methyl sites for hydroxylation is 2. The Morgan fingerprint density at radius 2 is 1.92 bits per heavy atom. The second-order valence-electron chi connectivity index (χ2n) is 7.78. The van der Waals surface area contributed by atoms with Crippen LogP contribution < -0.4 is 0 Å². The molecule has 0 aromatic heterocycles. The van der Waals surface area contributed by atoms with Crippen LogP contribution >= 0.6 is 0 Å². The Kier molecular flexibility index (Phi) is 6.47. The van der Waals surface area contributed by atoms with Crippen molar-refractivity contribution in [1.82, 2.24) is 0 Å². The molecule has 1 N–H and O–H groups in total. The van der Waals surface area contributed by atoms with Gasteiger partial charge in [0, 0.05) is 24.7 Å². The molecule has 1 aromatic carbocycles. The van der Waals surface area contributed by atoms with E-state index in [1.165, 1.54) is 24.7 Å². The minimum Gasteiger partial charge on any atom is -0.469 e. The minimum atomic E-state index is -0.550. The van der Waals surface area contributed by atoms with Gasteiger partial charge in [0.25, 0.3) is 0 Å². The maximum atomic E-state index is 12.4. The molecule has 0 heterocycles. The Labute approximate surface area is 155 Å². The van der Waals surface area contributed by atoms with Crippen LogP contribution in [0.5, 0.6) is 0 Å². The van der Waals surface area contributed by atoms with Crippen molar-refractivity contribution in [3.8, 4) is 0 Å². The molecule has 1 saturated carbocycles. The van der Waals surface area contributed by atoms with E-state index in [1.807, 2.05) is 0 Å². The zero-order chi connectivity index (χ0) is 18.5. The Morgan fingerprint density at radius 3 is 2.73 bits per heavy atom. The van der Waals surface area contributed by atoms with Gasteiger partial charge in [-0.25, -0.2) is 0 Å². The third-order valence-electron chi connectivity index (χ3n) is 6.05. The van der Waals surface area contributed by atoms with Crippen molar-refractivity contribution in [3.05, 3.63) is 34.9 Å². The minimum absolute atomic E-state index is 0.0523. The van der Waals surface area contributed by atoms with Crippen molar-refractivity contribution in [3.63, 3.8) is 0 Å². The van der Waals surface area contributed by atoms with Gasteiger partial charge in [-0.15, -0.1) is 0 Å². The summed E-state index contributed by atoms with van der Waals surface area (Å²) < 4.78 is 4.65. The van der Waals surface area contributed by atoms with E-state index in [2.05, 4.69) is 22.9 Å². The molecule has 1 aromatic rings. The van der Waals surface area contributed by atoms with Gasteiger partial charge in [0.1, 0.15) is 5.78 Å². The first-order valence-corrected chi connectivity index (χ1v) is 9.99. The standard InChI is InChI=1S/C22H30O4/c1-26-21(25)10-5-3-2-4-9-18-19(23)14-20(24)22(18)17-12-11-15-7-6-8-16(15)13-17/h11-13,18,20,22,24H,2-10,14H2,1H3/t18-,20+,22+/m0/s1. The molecule has 3 rings (SSSR count). The van der Waals surface area contributed by atoms with Gasteiger partial charge in [-0.2, -0.15) is 0 Å². The SMILES string of the molecule is COC(=O)CCCCCC[C@H]1C(=O)C[C@@H](O)[C@@H]1c1ccc2c(c1)CCC2. The summed E-state index contributed by atoms with van der Waals surface area (Å²) in [7, 11) is 1.42. The van der Waals surface area contributed by atoms with Gasteiger partial charge in [-0.3, -0.25) is 9.59 Å². The number of Topliss-reactive ketones (excluding diaryl/α,β-unsaturated/α-hetero) is 1. The maximum Gasteiger partial charge on any atom is 0.305 e. The number of esters is 1. The number of hydrogen-bond acceptors (Lipinski definition) is 4. The first-order chi connectivity index (χ1) is 12.6. The molecule has 1 fully saturated rings. The van der Waals surface area contributed by atoms with Crippen LogP contribution in [0.15, 0.2) is 18.2 Å². The summed E-state index contributed by atoms with van der Waals surface area (Å²) in [6.45, 7) is 0. The summed E-state index contributed by atoms with van der Waals surface area (Å²) in [5, 5.41) is 10.5. The van der Waals surface area contributed by atoms with Crippen LogP contribution in [0, 0.1) is 5.92 Å². The number of carbonyl (C=O) groups is 2. The molecule has 0 bridgehead atoms. The number of unbranched alkanes of at least 4 members (excludes halogenated alkanes) is 3. The molecule has 4 nitrogen and oxygen atoms in total. The monoisotopic (exact) mass is 358 g/mol. The summed E-state index contributed by atoms with van der Waals surface area (Å²) in [4.78, 5) is 23.5. The second kappa shape index (κ2) is 8.81. The number of methoxy groups -OCH3 is 1. The number of benzene rings is 1. The van der Waals surface area contributed by atoms with Gasteiger partial charge < -0.3 is 9.84 Å². The molecule has 0 saturated heterocycles. The summed E-state index contributed by atoms with van der Waals surface area (Å²) >= 11 is 0. The Bertz CT molecular complexity index is 652. The number of ether oxygens (including phenoxy) is 1. The van der Waals surface area contributed by atoms with Gasteiger partial charge in [-0.05, 0) is 48.8 Å². The highest BCUT2D eigenvalue weighted by molar-refractivity contribution is 5.85. The molecular weight excluding hydrogens is 328 g/mol. The van der Waals surface area contributed by atoms with E-state index >= 15 is 0 Å². The fourth-order valence-electron chi connectivity index (χ4n) is 4.64. The van der Waals surface area contributed by atoms with Crippen LogP contribution in [0.3, 0.4) is 0 Å². The number of rotatable bonds is 8. The predicted molar refractivity (Wildman–Crippen MR) is 100 cm³/mol. The lowest BCUT2D eigenvalue weighted by Crippen LogP contribution is -2.19. The smallest absolute Gasteiger partial charge is 0.305 e. The van der Waals surface area contributed by atoms with Crippen LogP contribution in [0.1, 0.15) is 74.0 Å². The van der Waals surface area contributed by atoms with Crippen molar-refractivity contribution >= 4 is 11.8 Å². The van der Waals surface area contributed by atoms with E-state index in [4.69, 9.17) is 0 Å². The zero-order valence-electron chi connectivity index (χ0n) is 15.7. The molecule has 26 heavy (non-hydrogen) atoms.